The standard InChI is InChI=1S/C9H15F3N2O4/c1-4(3-9(10,11)12)13-8(18)14-6(5(2)15)7(16)17/h4-6,15H,3H2,1-2H3,(H,16,17)(H2,13,14,18). The number of carboxylic acid groups (broad SMARTS) is 1. The third kappa shape index (κ3) is 6.94. The number of amides is 2. The van der Waals surface area contributed by atoms with Crippen molar-refractivity contribution in [1.82, 2.24) is 10.6 Å². The predicted molar refractivity (Wildman–Crippen MR) is 54.9 cm³/mol. The SMILES string of the molecule is CC(CC(F)(F)F)NC(=O)NC(C(=O)O)C(C)O. The van der Waals surface area contributed by atoms with E-state index in [2.05, 4.69) is 0 Å². The molecule has 9 heteroatoms. The lowest BCUT2D eigenvalue weighted by atomic mass is 10.2. The number of rotatable bonds is 5. The molecule has 0 aromatic rings. The van der Waals surface area contributed by atoms with E-state index >= 15 is 0 Å². The fourth-order valence-corrected chi connectivity index (χ4v) is 1.19. The van der Waals surface area contributed by atoms with E-state index in [4.69, 9.17) is 10.2 Å². The van der Waals surface area contributed by atoms with Crippen molar-refractivity contribution < 1.29 is 33.0 Å². The van der Waals surface area contributed by atoms with Crippen LogP contribution >= 0.6 is 0 Å². The fraction of sp³-hybridized carbons (Fsp3) is 0.778. The molecule has 0 aliphatic rings. The molecule has 0 saturated heterocycles. The number of halogens is 3. The third-order valence-electron chi connectivity index (χ3n) is 1.95. The van der Waals surface area contributed by atoms with E-state index < -0.39 is 42.8 Å². The van der Waals surface area contributed by atoms with E-state index in [1.807, 2.05) is 10.6 Å². The Morgan fingerprint density at radius 3 is 2.06 bits per heavy atom. The van der Waals surface area contributed by atoms with Gasteiger partial charge in [0.2, 0.25) is 0 Å². The van der Waals surface area contributed by atoms with Gasteiger partial charge in [-0.1, -0.05) is 0 Å². The van der Waals surface area contributed by atoms with Gasteiger partial charge in [-0.3, -0.25) is 0 Å². The highest BCUT2D eigenvalue weighted by Crippen LogP contribution is 2.21. The summed E-state index contributed by atoms with van der Waals surface area (Å²) in [5.41, 5.74) is 0. The average Bonchev–Trinajstić information content (AvgIpc) is 2.09. The Labute approximate surface area is 101 Å². The quantitative estimate of drug-likeness (QED) is 0.584. The van der Waals surface area contributed by atoms with E-state index in [0.717, 1.165) is 13.8 Å². The number of alkyl halides is 3. The first-order valence-electron chi connectivity index (χ1n) is 5.07. The summed E-state index contributed by atoms with van der Waals surface area (Å²) in [6, 6.07) is -3.86. The molecular formula is C9H15F3N2O4. The number of aliphatic carboxylic acids is 1. The van der Waals surface area contributed by atoms with E-state index in [9.17, 15) is 22.8 Å². The lowest BCUT2D eigenvalue weighted by Crippen LogP contribution is -2.53. The van der Waals surface area contributed by atoms with Gasteiger partial charge >= 0.3 is 18.2 Å². The smallest absolute Gasteiger partial charge is 0.391 e. The van der Waals surface area contributed by atoms with Crippen LogP contribution in [0.25, 0.3) is 0 Å². The van der Waals surface area contributed by atoms with Crippen molar-refractivity contribution in [3.8, 4) is 0 Å². The summed E-state index contributed by atoms with van der Waals surface area (Å²) >= 11 is 0. The maximum atomic E-state index is 12.0. The van der Waals surface area contributed by atoms with Crippen LogP contribution in [-0.4, -0.2) is 46.6 Å². The monoisotopic (exact) mass is 272 g/mol. The molecule has 0 aromatic heterocycles. The molecule has 6 nitrogen and oxygen atoms in total. The highest BCUT2D eigenvalue weighted by molar-refractivity contribution is 5.83. The Morgan fingerprint density at radius 1 is 1.22 bits per heavy atom. The first kappa shape index (κ1) is 16.5. The van der Waals surface area contributed by atoms with Gasteiger partial charge in [-0.15, -0.1) is 0 Å². The molecular weight excluding hydrogens is 257 g/mol. The van der Waals surface area contributed by atoms with Crippen molar-refractivity contribution in [3.63, 3.8) is 0 Å². The zero-order chi connectivity index (χ0) is 14.5. The highest BCUT2D eigenvalue weighted by atomic mass is 19.4. The maximum absolute atomic E-state index is 12.0. The number of carbonyl (C=O) groups excluding carboxylic acids is 1. The molecule has 4 N–H and O–H groups in total. The normalized spacial score (nSPS) is 16.6. The van der Waals surface area contributed by atoms with Crippen LogP contribution in [0.2, 0.25) is 0 Å². The Bertz CT molecular complexity index is 307. The number of aliphatic hydroxyl groups excluding tert-OH is 1. The van der Waals surface area contributed by atoms with E-state index in [0.29, 0.717) is 0 Å². The Morgan fingerprint density at radius 2 is 1.72 bits per heavy atom. The largest absolute Gasteiger partial charge is 0.480 e. The Kier molecular flexibility index (Phi) is 5.89. The van der Waals surface area contributed by atoms with Crippen LogP contribution in [0.3, 0.4) is 0 Å². The molecule has 0 aliphatic carbocycles. The van der Waals surface area contributed by atoms with Crippen LogP contribution < -0.4 is 10.6 Å². The molecule has 0 aromatic carbocycles. The van der Waals surface area contributed by atoms with Gasteiger partial charge < -0.3 is 20.8 Å². The molecule has 18 heavy (non-hydrogen) atoms. The summed E-state index contributed by atoms with van der Waals surface area (Å²) in [6.07, 6.45) is -7.03. The van der Waals surface area contributed by atoms with Gasteiger partial charge in [-0.05, 0) is 13.8 Å². The van der Waals surface area contributed by atoms with Gasteiger partial charge in [-0.25, -0.2) is 9.59 Å². The molecule has 0 bridgehead atoms. The summed E-state index contributed by atoms with van der Waals surface area (Å²) in [6.45, 7) is 2.27. The lowest BCUT2D eigenvalue weighted by molar-refractivity contribution is -0.142. The number of aliphatic hydroxyl groups is 1. The van der Waals surface area contributed by atoms with Crippen molar-refractivity contribution in [2.45, 2.75) is 44.6 Å². The maximum Gasteiger partial charge on any atom is 0.391 e. The van der Waals surface area contributed by atoms with Gasteiger partial charge in [0, 0.05) is 6.04 Å². The molecule has 0 spiro atoms. The zero-order valence-electron chi connectivity index (χ0n) is 9.78. The average molecular weight is 272 g/mol. The van der Waals surface area contributed by atoms with Crippen LogP contribution in [0.15, 0.2) is 0 Å². The summed E-state index contributed by atoms with van der Waals surface area (Å²) in [5, 5.41) is 21.5. The Balaban J connectivity index is 4.29. The number of hydrogen-bond donors (Lipinski definition) is 4. The number of nitrogens with one attached hydrogen (secondary N) is 2. The first-order chi connectivity index (χ1) is 8.03. The van der Waals surface area contributed by atoms with Crippen molar-refractivity contribution in [2.24, 2.45) is 0 Å². The molecule has 0 fully saturated rings. The van der Waals surface area contributed by atoms with Gasteiger partial charge in [-0.2, -0.15) is 13.2 Å². The van der Waals surface area contributed by atoms with Crippen LogP contribution in [0.1, 0.15) is 20.3 Å². The van der Waals surface area contributed by atoms with Crippen molar-refractivity contribution >= 4 is 12.0 Å². The zero-order valence-corrected chi connectivity index (χ0v) is 9.78. The van der Waals surface area contributed by atoms with Crippen molar-refractivity contribution in [2.75, 3.05) is 0 Å². The van der Waals surface area contributed by atoms with Crippen LogP contribution in [0.4, 0.5) is 18.0 Å². The predicted octanol–water partition coefficient (Wildman–Crippen LogP) is 0.460. The summed E-state index contributed by atoms with van der Waals surface area (Å²) in [5.74, 6) is -1.48. The van der Waals surface area contributed by atoms with Gasteiger partial charge in [0.25, 0.3) is 0 Å². The number of carbonyl (C=O) groups is 2. The molecule has 3 atom stereocenters. The first-order valence-corrected chi connectivity index (χ1v) is 5.07. The van der Waals surface area contributed by atoms with Crippen LogP contribution in [0.5, 0.6) is 0 Å². The molecule has 0 saturated carbocycles. The molecule has 0 rings (SSSR count). The fourth-order valence-electron chi connectivity index (χ4n) is 1.19. The summed E-state index contributed by atoms with van der Waals surface area (Å²) in [7, 11) is 0. The van der Waals surface area contributed by atoms with E-state index in [-0.39, 0.29) is 0 Å². The molecule has 106 valence electrons. The minimum atomic E-state index is -4.43. The van der Waals surface area contributed by atoms with Crippen LogP contribution in [0, 0.1) is 0 Å². The third-order valence-corrected chi connectivity index (χ3v) is 1.95. The Hall–Kier alpha value is -1.51. The van der Waals surface area contributed by atoms with Gasteiger partial charge in [0.15, 0.2) is 6.04 Å². The second kappa shape index (κ2) is 6.43. The lowest BCUT2D eigenvalue weighted by Gasteiger charge is -2.20. The van der Waals surface area contributed by atoms with Gasteiger partial charge in [0.05, 0.1) is 12.5 Å². The van der Waals surface area contributed by atoms with E-state index in [1.165, 1.54) is 0 Å². The molecule has 0 radical (unpaired) electrons. The van der Waals surface area contributed by atoms with Crippen molar-refractivity contribution in [1.29, 1.82) is 0 Å². The second-order valence-electron chi connectivity index (χ2n) is 3.89. The molecule has 3 unspecified atom stereocenters. The summed E-state index contributed by atoms with van der Waals surface area (Å²) in [4.78, 5) is 21.8. The van der Waals surface area contributed by atoms with Crippen molar-refractivity contribution in [3.05, 3.63) is 0 Å². The topological polar surface area (TPSA) is 98.7 Å². The number of hydrogen-bond acceptors (Lipinski definition) is 3. The number of urea groups is 1. The second-order valence-corrected chi connectivity index (χ2v) is 3.89. The number of carboxylic acids is 1. The minimum Gasteiger partial charge on any atom is -0.480 e. The molecule has 0 aliphatic heterocycles. The molecule has 0 heterocycles. The molecule has 2 amide bonds. The van der Waals surface area contributed by atoms with Gasteiger partial charge in [0.1, 0.15) is 0 Å². The summed E-state index contributed by atoms with van der Waals surface area (Å²) < 4.78 is 35.9. The van der Waals surface area contributed by atoms with E-state index in [1.54, 1.807) is 0 Å². The highest BCUT2D eigenvalue weighted by Gasteiger charge is 2.31. The minimum absolute atomic E-state index is 1.08. The van der Waals surface area contributed by atoms with Crippen LogP contribution in [-0.2, 0) is 4.79 Å².